The number of para-hydroxylation sites is 1. The van der Waals surface area contributed by atoms with Gasteiger partial charge in [-0.25, -0.2) is 0 Å². The summed E-state index contributed by atoms with van der Waals surface area (Å²) in [6, 6.07) is 11.1. The number of rotatable bonds is 3. The number of benzene rings is 1. The molecule has 136 valence electrons. The molecule has 3 heterocycles. The number of furan rings is 1. The molecule has 0 unspecified atom stereocenters. The van der Waals surface area contributed by atoms with Crippen LogP contribution in [0.4, 0.5) is 0 Å². The first kappa shape index (κ1) is 16.7. The molecular weight excluding hydrogens is 332 g/mol. The molecule has 6 nitrogen and oxygen atoms in total. The van der Waals surface area contributed by atoms with Gasteiger partial charge in [0.15, 0.2) is 5.72 Å². The fourth-order valence-corrected chi connectivity index (χ4v) is 3.61. The Balaban J connectivity index is 1.35. The highest BCUT2D eigenvalue weighted by molar-refractivity contribution is 5.98. The van der Waals surface area contributed by atoms with Gasteiger partial charge in [-0.05, 0) is 31.2 Å². The first-order valence-corrected chi connectivity index (χ1v) is 8.98. The molecule has 2 aliphatic rings. The van der Waals surface area contributed by atoms with Gasteiger partial charge in [-0.15, -0.1) is 0 Å². The van der Waals surface area contributed by atoms with Crippen molar-refractivity contribution >= 4 is 11.8 Å². The Morgan fingerprint density at radius 2 is 1.96 bits per heavy atom. The Morgan fingerprint density at radius 1 is 1.19 bits per heavy atom. The normalized spacial score (nSPS) is 18.2. The third-order valence-corrected chi connectivity index (χ3v) is 5.08. The SMILES string of the molecule is Cc1ccc(CCC(=O)N2CCC3(CC2)NC(=O)c2ccccc2O3)o1. The van der Waals surface area contributed by atoms with E-state index in [1.165, 1.54) is 0 Å². The van der Waals surface area contributed by atoms with E-state index in [0.717, 1.165) is 11.5 Å². The molecule has 0 aliphatic carbocycles. The zero-order valence-electron chi connectivity index (χ0n) is 14.8. The molecule has 6 heteroatoms. The van der Waals surface area contributed by atoms with Gasteiger partial charge in [0.2, 0.25) is 5.91 Å². The van der Waals surface area contributed by atoms with Gasteiger partial charge >= 0.3 is 0 Å². The highest BCUT2D eigenvalue weighted by atomic mass is 16.5. The van der Waals surface area contributed by atoms with Crippen molar-refractivity contribution in [2.24, 2.45) is 0 Å². The Kier molecular flexibility index (Phi) is 4.18. The highest BCUT2D eigenvalue weighted by Crippen LogP contribution is 2.33. The molecule has 1 spiro atoms. The van der Waals surface area contributed by atoms with E-state index in [0.29, 0.717) is 50.1 Å². The first-order valence-electron chi connectivity index (χ1n) is 8.98. The zero-order chi connectivity index (χ0) is 18.1. The summed E-state index contributed by atoms with van der Waals surface area (Å²) in [6.07, 6.45) is 2.20. The van der Waals surface area contributed by atoms with Crippen molar-refractivity contribution in [1.29, 1.82) is 0 Å². The van der Waals surface area contributed by atoms with E-state index in [9.17, 15) is 9.59 Å². The summed E-state index contributed by atoms with van der Waals surface area (Å²) in [5.41, 5.74) is -0.147. The lowest BCUT2D eigenvalue weighted by Gasteiger charge is -2.44. The second kappa shape index (κ2) is 6.52. The molecule has 0 bridgehead atoms. The summed E-state index contributed by atoms with van der Waals surface area (Å²) >= 11 is 0. The summed E-state index contributed by atoms with van der Waals surface area (Å²) in [5, 5.41) is 2.99. The predicted molar refractivity (Wildman–Crippen MR) is 94.8 cm³/mol. The number of amides is 2. The average Bonchev–Trinajstić information content (AvgIpc) is 3.06. The van der Waals surface area contributed by atoms with Crippen molar-refractivity contribution in [2.75, 3.05) is 13.1 Å². The van der Waals surface area contributed by atoms with Crippen LogP contribution in [-0.2, 0) is 11.2 Å². The standard InChI is InChI=1S/C20H22N2O4/c1-14-6-7-15(25-14)8-9-18(23)22-12-10-20(11-13-22)21-19(24)16-4-2-3-5-17(16)26-20/h2-7H,8-13H2,1H3,(H,21,24). The van der Waals surface area contributed by atoms with E-state index in [4.69, 9.17) is 9.15 Å². The number of nitrogens with zero attached hydrogens (tertiary/aromatic N) is 1. The Bertz CT molecular complexity index is 834. The van der Waals surface area contributed by atoms with Crippen molar-refractivity contribution in [3.8, 4) is 5.75 Å². The topological polar surface area (TPSA) is 71.8 Å². The zero-order valence-corrected chi connectivity index (χ0v) is 14.8. The van der Waals surface area contributed by atoms with E-state index in [1.54, 1.807) is 6.07 Å². The molecule has 0 radical (unpaired) electrons. The van der Waals surface area contributed by atoms with Gasteiger partial charge in [0, 0.05) is 38.8 Å². The lowest BCUT2D eigenvalue weighted by atomic mass is 9.96. The number of aryl methyl sites for hydroxylation is 2. The van der Waals surface area contributed by atoms with Gasteiger partial charge in [0.05, 0.1) is 5.56 Å². The number of likely N-dealkylation sites (tertiary alicyclic amines) is 1. The van der Waals surface area contributed by atoms with Crippen molar-refractivity contribution in [3.05, 3.63) is 53.5 Å². The predicted octanol–water partition coefficient (Wildman–Crippen LogP) is 2.66. The highest BCUT2D eigenvalue weighted by Gasteiger charge is 2.43. The van der Waals surface area contributed by atoms with Gasteiger partial charge in [0.25, 0.3) is 5.91 Å². The maximum absolute atomic E-state index is 12.5. The van der Waals surface area contributed by atoms with Crippen LogP contribution in [0.1, 0.15) is 41.1 Å². The molecule has 4 rings (SSSR count). The van der Waals surface area contributed by atoms with Gasteiger partial charge in [-0.3, -0.25) is 9.59 Å². The number of carbonyl (C=O) groups excluding carboxylic acids is 2. The number of ether oxygens (including phenoxy) is 1. The first-order chi connectivity index (χ1) is 12.5. The second-order valence-corrected chi connectivity index (χ2v) is 6.94. The molecule has 2 aliphatic heterocycles. The number of nitrogens with one attached hydrogen (secondary N) is 1. The fraction of sp³-hybridized carbons (Fsp3) is 0.400. The Morgan fingerprint density at radius 3 is 2.69 bits per heavy atom. The lowest BCUT2D eigenvalue weighted by molar-refractivity contribution is -0.135. The van der Waals surface area contributed by atoms with Crippen molar-refractivity contribution in [2.45, 2.75) is 38.3 Å². The minimum absolute atomic E-state index is 0.108. The van der Waals surface area contributed by atoms with Crippen molar-refractivity contribution < 1.29 is 18.7 Å². The molecule has 1 aromatic heterocycles. The van der Waals surface area contributed by atoms with E-state index < -0.39 is 5.72 Å². The third-order valence-electron chi connectivity index (χ3n) is 5.08. The summed E-state index contributed by atoms with van der Waals surface area (Å²) in [4.78, 5) is 26.7. The fourth-order valence-electron chi connectivity index (χ4n) is 3.61. The molecule has 0 saturated carbocycles. The number of hydrogen-bond acceptors (Lipinski definition) is 4. The smallest absolute Gasteiger partial charge is 0.258 e. The monoisotopic (exact) mass is 354 g/mol. The van der Waals surface area contributed by atoms with Crippen LogP contribution in [0.15, 0.2) is 40.8 Å². The maximum atomic E-state index is 12.5. The molecule has 2 amide bonds. The van der Waals surface area contributed by atoms with Crippen LogP contribution in [-0.4, -0.2) is 35.5 Å². The quantitative estimate of drug-likeness (QED) is 0.920. The minimum atomic E-state index is -0.708. The van der Waals surface area contributed by atoms with E-state index >= 15 is 0 Å². The third kappa shape index (κ3) is 3.19. The number of hydrogen-bond donors (Lipinski definition) is 1. The van der Waals surface area contributed by atoms with Crippen LogP contribution in [0.25, 0.3) is 0 Å². The van der Waals surface area contributed by atoms with Gasteiger partial charge < -0.3 is 19.4 Å². The van der Waals surface area contributed by atoms with Crippen molar-refractivity contribution in [1.82, 2.24) is 10.2 Å². The van der Waals surface area contributed by atoms with E-state index in [1.807, 2.05) is 42.2 Å². The molecule has 1 fully saturated rings. The minimum Gasteiger partial charge on any atom is -0.467 e. The van der Waals surface area contributed by atoms with Crippen LogP contribution < -0.4 is 10.1 Å². The van der Waals surface area contributed by atoms with Gasteiger partial charge in [-0.2, -0.15) is 0 Å². The molecule has 0 atom stereocenters. The number of carbonyl (C=O) groups is 2. The summed E-state index contributed by atoms with van der Waals surface area (Å²) < 4.78 is 11.6. The lowest BCUT2D eigenvalue weighted by Crippen LogP contribution is -2.61. The molecule has 1 saturated heterocycles. The average molecular weight is 354 g/mol. The summed E-state index contributed by atoms with van der Waals surface area (Å²) in [7, 11) is 0. The van der Waals surface area contributed by atoms with Gasteiger partial charge in [0.1, 0.15) is 17.3 Å². The second-order valence-electron chi connectivity index (χ2n) is 6.94. The van der Waals surface area contributed by atoms with E-state index in [-0.39, 0.29) is 11.8 Å². The molecule has 1 aromatic carbocycles. The van der Waals surface area contributed by atoms with Crippen LogP contribution in [0.5, 0.6) is 5.75 Å². The summed E-state index contributed by atoms with van der Waals surface area (Å²) in [6.45, 7) is 3.03. The molecule has 26 heavy (non-hydrogen) atoms. The summed E-state index contributed by atoms with van der Waals surface area (Å²) in [5.74, 6) is 2.31. The van der Waals surface area contributed by atoms with E-state index in [2.05, 4.69) is 5.32 Å². The Labute approximate surface area is 152 Å². The maximum Gasteiger partial charge on any atom is 0.258 e. The number of piperidine rings is 1. The number of fused-ring (bicyclic) bond motifs is 1. The Hall–Kier alpha value is -2.76. The van der Waals surface area contributed by atoms with Crippen LogP contribution in [0.3, 0.4) is 0 Å². The largest absolute Gasteiger partial charge is 0.467 e. The van der Waals surface area contributed by atoms with Crippen LogP contribution in [0, 0.1) is 6.92 Å². The van der Waals surface area contributed by atoms with Crippen LogP contribution >= 0.6 is 0 Å². The molecule has 1 N–H and O–H groups in total. The molecule has 2 aromatic rings. The molecular formula is C20H22N2O4. The van der Waals surface area contributed by atoms with Crippen molar-refractivity contribution in [3.63, 3.8) is 0 Å². The van der Waals surface area contributed by atoms with Crippen LogP contribution in [0.2, 0.25) is 0 Å². The van der Waals surface area contributed by atoms with Gasteiger partial charge in [-0.1, -0.05) is 12.1 Å².